The Labute approximate surface area is 131 Å². The van der Waals surface area contributed by atoms with Crippen molar-refractivity contribution in [3.8, 4) is 12.3 Å². The topological polar surface area (TPSA) is 62.3 Å². The van der Waals surface area contributed by atoms with Gasteiger partial charge in [-0.2, -0.15) is 0 Å². The van der Waals surface area contributed by atoms with Crippen LogP contribution < -0.4 is 5.32 Å². The van der Waals surface area contributed by atoms with Gasteiger partial charge in [-0.05, 0) is 18.9 Å². The number of terminal acetylenes is 1. The summed E-state index contributed by atoms with van der Waals surface area (Å²) in [5.41, 5.74) is 1.03. The Morgan fingerprint density at radius 1 is 1.36 bits per heavy atom. The van der Waals surface area contributed by atoms with Crippen molar-refractivity contribution < 1.29 is 9.59 Å². The molecule has 1 aromatic rings. The van der Waals surface area contributed by atoms with E-state index in [9.17, 15) is 9.59 Å². The number of hydrogen-bond donors (Lipinski definition) is 1. The van der Waals surface area contributed by atoms with Gasteiger partial charge in [-0.1, -0.05) is 18.8 Å². The van der Waals surface area contributed by atoms with Gasteiger partial charge in [-0.15, -0.1) is 6.42 Å². The lowest BCUT2D eigenvalue weighted by molar-refractivity contribution is -0.129. The molecule has 2 rings (SSSR count). The molecule has 1 atom stereocenters. The number of rotatable bonds is 2. The largest absolute Gasteiger partial charge is 0.347 e. The molecule has 2 heterocycles. The van der Waals surface area contributed by atoms with Gasteiger partial charge in [0.1, 0.15) is 0 Å². The van der Waals surface area contributed by atoms with Gasteiger partial charge in [0.2, 0.25) is 5.91 Å². The van der Waals surface area contributed by atoms with E-state index in [0.717, 1.165) is 32.2 Å². The minimum absolute atomic E-state index is 0.0359. The van der Waals surface area contributed by atoms with Gasteiger partial charge in [0.15, 0.2) is 0 Å². The maximum absolute atomic E-state index is 12.3. The molecule has 5 nitrogen and oxygen atoms in total. The van der Waals surface area contributed by atoms with Crippen LogP contribution >= 0.6 is 0 Å². The summed E-state index contributed by atoms with van der Waals surface area (Å²) >= 11 is 0. The van der Waals surface area contributed by atoms with Crippen LogP contribution in [0, 0.1) is 12.3 Å². The first-order chi connectivity index (χ1) is 10.6. The van der Waals surface area contributed by atoms with Gasteiger partial charge in [0.05, 0.1) is 5.56 Å². The number of nitrogens with zero attached hydrogens (tertiary/aromatic N) is 2. The molecular weight excluding hydrogens is 278 g/mol. The minimum atomic E-state index is -0.196. The standard InChI is InChI=1S/C17H21N3O2/c1-3-14-9-15(11-18-10-14)17(22)19-16-7-5-4-6-8-20(12-16)13(2)21/h1,9-11,16H,4-8,12H2,2H3,(H,19,22). The number of amides is 2. The van der Waals surface area contributed by atoms with Crippen LogP contribution in [-0.4, -0.2) is 40.8 Å². The number of nitrogens with one attached hydrogen (secondary N) is 1. The molecule has 1 aromatic heterocycles. The summed E-state index contributed by atoms with van der Waals surface area (Å²) in [5, 5.41) is 3.00. The highest BCUT2D eigenvalue weighted by Crippen LogP contribution is 2.12. The summed E-state index contributed by atoms with van der Waals surface area (Å²) in [6.07, 6.45) is 12.4. The van der Waals surface area contributed by atoms with Gasteiger partial charge in [-0.25, -0.2) is 0 Å². The predicted molar refractivity (Wildman–Crippen MR) is 84.1 cm³/mol. The first kappa shape index (κ1) is 16.0. The zero-order valence-corrected chi connectivity index (χ0v) is 12.8. The molecule has 22 heavy (non-hydrogen) atoms. The smallest absolute Gasteiger partial charge is 0.253 e. The second kappa shape index (κ2) is 7.60. The molecule has 1 aliphatic rings. The van der Waals surface area contributed by atoms with Crippen molar-refractivity contribution in [3.05, 3.63) is 29.6 Å². The van der Waals surface area contributed by atoms with Crippen molar-refractivity contribution in [2.24, 2.45) is 0 Å². The quantitative estimate of drug-likeness (QED) is 0.843. The third kappa shape index (κ3) is 4.32. The highest BCUT2D eigenvalue weighted by atomic mass is 16.2. The highest BCUT2D eigenvalue weighted by Gasteiger charge is 2.20. The van der Waals surface area contributed by atoms with E-state index in [-0.39, 0.29) is 17.9 Å². The van der Waals surface area contributed by atoms with Crippen LogP contribution in [0.25, 0.3) is 0 Å². The summed E-state index contributed by atoms with van der Waals surface area (Å²) < 4.78 is 0. The molecule has 5 heteroatoms. The summed E-state index contributed by atoms with van der Waals surface area (Å²) in [7, 11) is 0. The maximum Gasteiger partial charge on any atom is 0.253 e. The summed E-state index contributed by atoms with van der Waals surface area (Å²) in [6, 6.07) is 1.61. The van der Waals surface area contributed by atoms with Gasteiger partial charge in [-0.3, -0.25) is 14.6 Å². The second-order valence-electron chi connectivity index (χ2n) is 5.59. The zero-order chi connectivity index (χ0) is 15.9. The van der Waals surface area contributed by atoms with E-state index >= 15 is 0 Å². The van der Waals surface area contributed by atoms with Gasteiger partial charge < -0.3 is 10.2 Å². The molecule has 1 N–H and O–H groups in total. The van der Waals surface area contributed by atoms with E-state index in [1.807, 2.05) is 0 Å². The fourth-order valence-electron chi connectivity index (χ4n) is 2.63. The average molecular weight is 299 g/mol. The lowest BCUT2D eigenvalue weighted by atomic mass is 10.0. The molecule has 0 aromatic carbocycles. The van der Waals surface area contributed by atoms with Crippen LogP contribution in [-0.2, 0) is 4.79 Å². The Morgan fingerprint density at radius 3 is 2.91 bits per heavy atom. The number of hydrogen-bond acceptors (Lipinski definition) is 3. The molecule has 2 amide bonds. The zero-order valence-electron chi connectivity index (χ0n) is 12.8. The molecule has 0 radical (unpaired) electrons. The SMILES string of the molecule is C#Cc1cncc(C(=O)NC2CCCCCN(C(C)=O)C2)c1. The van der Waals surface area contributed by atoms with E-state index in [1.54, 1.807) is 24.1 Å². The van der Waals surface area contributed by atoms with Gasteiger partial charge in [0.25, 0.3) is 5.91 Å². The molecule has 1 aliphatic heterocycles. The second-order valence-corrected chi connectivity index (χ2v) is 5.59. The first-order valence-electron chi connectivity index (χ1n) is 7.58. The molecular formula is C17H21N3O2. The Hall–Kier alpha value is -2.35. The summed E-state index contributed by atoms with van der Waals surface area (Å²) in [5.74, 6) is 2.33. The van der Waals surface area contributed by atoms with Gasteiger partial charge in [0, 0.05) is 44.0 Å². The number of carbonyl (C=O) groups is 2. The monoisotopic (exact) mass is 299 g/mol. The summed E-state index contributed by atoms with van der Waals surface area (Å²) in [4.78, 5) is 29.7. The number of likely N-dealkylation sites (tertiary alicyclic amines) is 1. The number of aromatic nitrogens is 1. The fourth-order valence-corrected chi connectivity index (χ4v) is 2.63. The average Bonchev–Trinajstić information content (AvgIpc) is 2.49. The Balaban J connectivity index is 2.04. The van der Waals surface area contributed by atoms with Crippen LogP contribution in [0.15, 0.2) is 18.5 Å². The summed E-state index contributed by atoms with van der Waals surface area (Å²) in [6.45, 7) is 2.89. The lowest BCUT2D eigenvalue weighted by Crippen LogP contribution is -2.46. The molecule has 1 unspecified atom stereocenters. The first-order valence-corrected chi connectivity index (χ1v) is 7.58. The van der Waals surface area contributed by atoms with Crippen molar-refractivity contribution in [2.75, 3.05) is 13.1 Å². The van der Waals surface area contributed by atoms with Crippen molar-refractivity contribution in [1.29, 1.82) is 0 Å². The Bertz CT molecular complexity index is 592. The molecule has 0 saturated carbocycles. The predicted octanol–water partition coefficient (Wildman–Crippen LogP) is 1.58. The third-order valence-corrected chi connectivity index (χ3v) is 3.87. The van der Waals surface area contributed by atoms with Crippen molar-refractivity contribution in [3.63, 3.8) is 0 Å². The highest BCUT2D eigenvalue weighted by molar-refractivity contribution is 5.94. The lowest BCUT2D eigenvalue weighted by Gasteiger charge is -2.29. The van der Waals surface area contributed by atoms with Crippen LogP contribution in [0.3, 0.4) is 0 Å². The maximum atomic E-state index is 12.3. The van der Waals surface area contributed by atoms with Crippen LogP contribution in [0.1, 0.15) is 48.5 Å². The van der Waals surface area contributed by atoms with E-state index in [2.05, 4.69) is 16.2 Å². The molecule has 1 fully saturated rings. The molecule has 0 spiro atoms. The van der Waals surface area contributed by atoms with Gasteiger partial charge >= 0.3 is 0 Å². The van der Waals surface area contributed by atoms with Crippen LogP contribution in [0.5, 0.6) is 0 Å². The van der Waals surface area contributed by atoms with E-state index < -0.39 is 0 Å². The number of pyridine rings is 1. The third-order valence-electron chi connectivity index (χ3n) is 3.87. The minimum Gasteiger partial charge on any atom is -0.347 e. The van der Waals surface area contributed by atoms with Crippen molar-refractivity contribution in [1.82, 2.24) is 15.2 Å². The van der Waals surface area contributed by atoms with Crippen molar-refractivity contribution in [2.45, 2.75) is 38.6 Å². The van der Waals surface area contributed by atoms with E-state index in [1.165, 1.54) is 6.20 Å². The Morgan fingerprint density at radius 2 is 2.18 bits per heavy atom. The molecule has 1 saturated heterocycles. The van der Waals surface area contributed by atoms with E-state index in [4.69, 9.17) is 6.42 Å². The molecule has 0 bridgehead atoms. The molecule has 0 aliphatic carbocycles. The Kier molecular flexibility index (Phi) is 5.54. The van der Waals surface area contributed by atoms with Crippen LogP contribution in [0.2, 0.25) is 0 Å². The van der Waals surface area contributed by atoms with Crippen molar-refractivity contribution >= 4 is 11.8 Å². The molecule has 116 valence electrons. The normalized spacial score (nSPS) is 18.7. The van der Waals surface area contributed by atoms with Crippen LogP contribution in [0.4, 0.5) is 0 Å². The fraction of sp³-hybridized carbons (Fsp3) is 0.471. The van der Waals surface area contributed by atoms with E-state index in [0.29, 0.717) is 17.7 Å². The number of carbonyl (C=O) groups excluding carboxylic acids is 2.